The van der Waals surface area contributed by atoms with Crippen LogP contribution in [0.4, 0.5) is 0 Å². The SMILES string of the molecule is COCC(C)NC(N)=NCCN1CCc2ccccc2C1. The Balaban J connectivity index is 1.74. The number of ether oxygens (including phenoxy) is 1. The number of hydrogen-bond donors (Lipinski definition) is 2. The molecule has 1 atom stereocenters. The Kier molecular flexibility index (Phi) is 6.02. The molecular weight excluding hydrogens is 264 g/mol. The van der Waals surface area contributed by atoms with Gasteiger partial charge in [0.25, 0.3) is 0 Å². The predicted molar refractivity (Wildman–Crippen MR) is 86.4 cm³/mol. The molecule has 5 heteroatoms. The maximum absolute atomic E-state index is 5.86. The van der Waals surface area contributed by atoms with E-state index in [-0.39, 0.29) is 6.04 Å². The first-order chi connectivity index (χ1) is 10.2. The summed E-state index contributed by atoms with van der Waals surface area (Å²) in [5.74, 6) is 0.497. The zero-order chi connectivity index (χ0) is 15.1. The quantitative estimate of drug-likeness (QED) is 0.606. The van der Waals surface area contributed by atoms with Crippen molar-refractivity contribution in [3.05, 3.63) is 35.4 Å². The number of aliphatic imine (C=N–C) groups is 1. The van der Waals surface area contributed by atoms with Crippen LogP contribution in [0, 0.1) is 0 Å². The maximum atomic E-state index is 5.86. The first-order valence-corrected chi connectivity index (χ1v) is 7.53. The predicted octanol–water partition coefficient (Wildman–Crippen LogP) is 0.984. The highest BCUT2D eigenvalue weighted by molar-refractivity contribution is 5.78. The molecule has 1 aromatic rings. The van der Waals surface area contributed by atoms with Gasteiger partial charge in [-0.15, -0.1) is 0 Å². The van der Waals surface area contributed by atoms with Crippen LogP contribution in [0.3, 0.4) is 0 Å². The molecule has 1 heterocycles. The van der Waals surface area contributed by atoms with Gasteiger partial charge in [0.1, 0.15) is 0 Å². The number of guanidine groups is 1. The Labute approximate surface area is 127 Å². The van der Waals surface area contributed by atoms with E-state index in [0.29, 0.717) is 12.6 Å². The fourth-order valence-corrected chi connectivity index (χ4v) is 2.65. The summed E-state index contributed by atoms with van der Waals surface area (Å²) in [4.78, 5) is 6.81. The first kappa shape index (κ1) is 15.8. The third-order valence-electron chi connectivity index (χ3n) is 3.72. The van der Waals surface area contributed by atoms with Gasteiger partial charge in [-0.05, 0) is 24.5 Å². The van der Waals surface area contributed by atoms with E-state index in [0.717, 1.165) is 32.6 Å². The molecule has 0 spiro atoms. The summed E-state index contributed by atoms with van der Waals surface area (Å²) in [5, 5.41) is 3.12. The van der Waals surface area contributed by atoms with Gasteiger partial charge in [0.2, 0.25) is 0 Å². The molecule has 21 heavy (non-hydrogen) atoms. The maximum Gasteiger partial charge on any atom is 0.188 e. The minimum atomic E-state index is 0.181. The Bertz CT molecular complexity index is 475. The summed E-state index contributed by atoms with van der Waals surface area (Å²) >= 11 is 0. The number of benzene rings is 1. The summed E-state index contributed by atoms with van der Waals surface area (Å²) in [7, 11) is 1.68. The van der Waals surface area contributed by atoms with E-state index in [4.69, 9.17) is 10.5 Å². The second kappa shape index (κ2) is 8.00. The number of hydrogen-bond acceptors (Lipinski definition) is 3. The number of rotatable bonds is 6. The van der Waals surface area contributed by atoms with Crippen molar-refractivity contribution in [3.63, 3.8) is 0 Å². The van der Waals surface area contributed by atoms with E-state index in [1.807, 2.05) is 6.92 Å². The van der Waals surface area contributed by atoms with Crippen molar-refractivity contribution in [1.82, 2.24) is 10.2 Å². The van der Waals surface area contributed by atoms with Gasteiger partial charge in [0.15, 0.2) is 5.96 Å². The standard InChI is InChI=1S/C16H26N4O/c1-13(12-21-2)19-16(17)18-8-10-20-9-7-14-5-3-4-6-15(14)11-20/h3-6,13H,7-12H2,1-2H3,(H3,17,18,19). The van der Waals surface area contributed by atoms with Crippen molar-refractivity contribution in [2.24, 2.45) is 10.7 Å². The van der Waals surface area contributed by atoms with Crippen LogP contribution in [-0.2, 0) is 17.7 Å². The average molecular weight is 290 g/mol. The van der Waals surface area contributed by atoms with Crippen LogP contribution in [0.2, 0.25) is 0 Å². The molecule has 0 aliphatic carbocycles. The molecule has 0 radical (unpaired) electrons. The minimum Gasteiger partial charge on any atom is -0.383 e. The van der Waals surface area contributed by atoms with E-state index in [9.17, 15) is 0 Å². The van der Waals surface area contributed by atoms with Gasteiger partial charge in [-0.2, -0.15) is 0 Å². The molecule has 0 bridgehead atoms. The van der Waals surface area contributed by atoms with Crippen LogP contribution in [0.5, 0.6) is 0 Å². The molecule has 116 valence electrons. The fraction of sp³-hybridized carbons (Fsp3) is 0.562. The van der Waals surface area contributed by atoms with E-state index < -0.39 is 0 Å². The third-order valence-corrected chi connectivity index (χ3v) is 3.72. The van der Waals surface area contributed by atoms with Crippen molar-refractivity contribution in [2.75, 3.05) is 33.4 Å². The van der Waals surface area contributed by atoms with Crippen molar-refractivity contribution in [2.45, 2.75) is 25.9 Å². The number of nitrogens with zero attached hydrogens (tertiary/aromatic N) is 2. The molecule has 0 aromatic heterocycles. The van der Waals surface area contributed by atoms with Gasteiger partial charge in [-0.25, -0.2) is 0 Å². The van der Waals surface area contributed by atoms with Crippen LogP contribution in [0.1, 0.15) is 18.1 Å². The Morgan fingerprint density at radius 3 is 2.95 bits per heavy atom. The lowest BCUT2D eigenvalue weighted by atomic mass is 10.0. The zero-order valence-electron chi connectivity index (χ0n) is 13.0. The molecule has 0 fully saturated rings. The monoisotopic (exact) mass is 290 g/mol. The Hall–Kier alpha value is -1.59. The van der Waals surface area contributed by atoms with Gasteiger partial charge in [0.05, 0.1) is 13.2 Å². The van der Waals surface area contributed by atoms with Gasteiger partial charge < -0.3 is 15.8 Å². The highest BCUT2D eigenvalue weighted by Gasteiger charge is 2.14. The van der Waals surface area contributed by atoms with Gasteiger partial charge in [-0.3, -0.25) is 9.89 Å². The number of fused-ring (bicyclic) bond motifs is 1. The van der Waals surface area contributed by atoms with Crippen LogP contribution in [0.15, 0.2) is 29.3 Å². The largest absolute Gasteiger partial charge is 0.383 e. The lowest BCUT2D eigenvalue weighted by molar-refractivity contribution is 0.179. The van der Waals surface area contributed by atoms with Gasteiger partial charge in [-0.1, -0.05) is 24.3 Å². The van der Waals surface area contributed by atoms with E-state index in [1.54, 1.807) is 7.11 Å². The van der Waals surface area contributed by atoms with Crippen molar-refractivity contribution in [1.29, 1.82) is 0 Å². The van der Waals surface area contributed by atoms with Crippen LogP contribution in [0.25, 0.3) is 0 Å². The summed E-state index contributed by atoms with van der Waals surface area (Å²) in [6.45, 7) is 6.42. The molecule has 0 saturated carbocycles. The summed E-state index contributed by atoms with van der Waals surface area (Å²) < 4.78 is 5.06. The molecule has 0 saturated heterocycles. The number of nitrogens with two attached hydrogens (primary N) is 1. The summed E-state index contributed by atoms with van der Waals surface area (Å²) in [6.07, 6.45) is 1.12. The second-order valence-electron chi connectivity index (χ2n) is 5.56. The molecule has 2 rings (SSSR count). The molecule has 5 nitrogen and oxygen atoms in total. The fourth-order valence-electron chi connectivity index (χ4n) is 2.65. The van der Waals surface area contributed by atoms with Crippen molar-refractivity contribution < 1.29 is 4.74 Å². The topological polar surface area (TPSA) is 62.9 Å². The van der Waals surface area contributed by atoms with E-state index >= 15 is 0 Å². The highest BCUT2D eigenvalue weighted by atomic mass is 16.5. The van der Waals surface area contributed by atoms with E-state index in [2.05, 4.69) is 39.5 Å². The highest BCUT2D eigenvalue weighted by Crippen LogP contribution is 2.17. The number of methoxy groups -OCH3 is 1. The molecule has 1 unspecified atom stereocenters. The molecule has 1 aromatic carbocycles. The van der Waals surface area contributed by atoms with Gasteiger partial charge >= 0.3 is 0 Å². The minimum absolute atomic E-state index is 0.181. The molecule has 3 N–H and O–H groups in total. The zero-order valence-corrected chi connectivity index (χ0v) is 13.0. The van der Waals surface area contributed by atoms with Crippen molar-refractivity contribution in [3.8, 4) is 0 Å². The molecular formula is C16H26N4O. The lowest BCUT2D eigenvalue weighted by Gasteiger charge is -2.28. The first-order valence-electron chi connectivity index (χ1n) is 7.53. The van der Waals surface area contributed by atoms with E-state index in [1.165, 1.54) is 11.1 Å². The number of nitrogens with one attached hydrogen (secondary N) is 1. The van der Waals surface area contributed by atoms with Crippen LogP contribution < -0.4 is 11.1 Å². The lowest BCUT2D eigenvalue weighted by Crippen LogP contribution is -2.41. The second-order valence-corrected chi connectivity index (χ2v) is 5.56. The Morgan fingerprint density at radius 1 is 1.43 bits per heavy atom. The smallest absolute Gasteiger partial charge is 0.188 e. The third kappa shape index (κ3) is 5.02. The van der Waals surface area contributed by atoms with Crippen LogP contribution in [-0.4, -0.2) is 50.3 Å². The normalized spacial score (nSPS) is 17.3. The average Bonchev–Trinajstić information content (AvgIpc) is 2.47. The Morgan fingerprint density at radius 2 is 2.19 bits per heavy atom. The molecule has 0 amide bonds. The summed E-state index contributed by atoms with van der Waals surface area (Å²) in [5.41, 5.74) is 8.78. The van der Waals surface area contributed by atoms with Crippen molar-refractivity contribution >= 4 is 5.96 Å². The molecule has 1 aliphatic heterocycles. The summed E-state index contributed by atoms with van der Waals surface area (Å²) in [6, 6.07) is 8.85. The molecule has 1 aliphatic rings. The van der Waals surface area contributed by atoms with Crippen LogP contribution >= 0.6 is 0 Å². The van der Waals surface area contributed by atoms with Gasteiger partial charge in [0, 0.05) is 32.8 Å².